The lowest BCUT2D eigenvalue weighted by atomic mass is 9.88. The van der Waals surface area contributed by atoms with E-state index in [4.69, 9.17) is 10.5 Å². The SMILES string of the molecule is CCC(CCN)CCC(=O)OC1CCCCC1C. The van der Waals surface area contributed by atoms with Crippen molar-refractivity contribution in [3.63, 3.8) is 0 Å². The molecule has 0 saturated heterocycles. The van der Waals surface area contributed by atoms with Crippen molar-refractivity contribution in [3.05, 3.63) is 0 Å². The van der Waals surface area contributed by atoms with Gasteiger partial charge in [0.1, 0.15) is 6.10 Å². The van der Waals surface area contributed by atoms with Crippen molar-refractivity contribution in [2.45, 2.75) is 71.3 Å². The van der Waals surface area contributed by atoms with Gasteiger partial charge in [0, 0.05) is 6.42 Å². The number of ether oxygens (including phenoxy) is 1. The predicted octanol–water partition coefficient (Wildman–Crippen LogP) is 3.26. The number of esters is 1. The minimum absolute atomic E-state index is 0.00998. The van der Waals surface area contributed by atoms with Gasteiger partial charge < -0.3 is 10.5 Å². The molecule has 0 aromatic rings. The van der Waals surface area contributed by atoms with Gasteiger partial charge in [-0.3, -0.25) is 4.79 Å². The van der Waals surface area contributed by atoms with Crippen molar-refractivity contribution in [1.82, 2.24) is 0 Å². The lowest BCUT2D eigenvalue weighted by molar-refractivity contribution is -0.153. The normalized spacial score (nSPS) is 25.7. The van der Waals surface area contributed by atoms with Crippen molar-refractivity contribution in [3.8, 4) is 0 Å². The second-order valence-corrected chi connectivity index (χ2v) is 5.68. The highest BCUT2D eigenvalue weighted by Gasteiger charge is 2.24. The molecule has 0 spiro atoms. The molecule has 0 radical (unpaired) electrons. The third-order valence-electron chi connectivity index (χ3n) is 4.22. The van der Waals surface area contributed by atoms with Crippen LogP contribution in [0.3, 0.4) is 0 Å². The summed E-state index contributed by atoms with van der Waals surface area (Å²) in [7, 11) is 0. The van der Waals surface area contributed by atoms with E-state index in [0.29, 0.717) is 24.8 Å². The summed E-state index contributed by atoms with van der Waals surface area (Å²) in [6.07, 6.45) is 8.50. The van der Waals surface area contributed by atoms with E-state index in [9.17, 15) is 4.79 Å². The second kappa shape index (κ2) is 8.52. The Kier molecular flexibility index (Phi) is 7.33. The van der Waals surface area contributed by atoms with Crippen molar-refractivity contribution in [1.29, 1.82) is 0 Å². The fourth-order valence-electron chi connectivity index (χ4n) is 2.80. The Morgan fingerprint density at radius 2 is 2.06 bits per heavy atom. The summed E-state index contributed by atoms with van der Waals surface area (Å²) >= 11 is 0. The molecule has 0 heterocycles. The van der Waals surface area contributed by atoms with Gasteiger partial charge in [0.05, 0.1) is 0 Å². The van der Waals surface area contributed by atoms with Gasteiger partial charge in [-0.05, 0) is 50.5 Å². The third kappa shape index (κ3) is 5.38. The predicted molar refractivity (Wildman–Crippen MR) is 74.2 cm³/mol. The molecule has 1 rings (SSSR count). The van der Waals surface area contributed by atoms with E-state index in [1.165, 1.54) is 19.3 Å². The smallest absolute Gasteiger partial charge is 0.306 e. The maximum atomic E-state index is 11.8. The van der Waals surface area contributed by atoms with E-state index in [2.05, 4.69) is 13.8 Å². The molecule has 1 fully saturated rings. The molecule has 0 aromatic carbocycles. The topological polar surface area (TPSA) is 52.3 Å². The molecule has 106 valence electrons. The molecular weight excluding hydrogens is 226 g/mol. The molecule has 0 aliphatic heterocycles. The summed E-state index contributed by atoms with van der Waals surface area (Å²) in [5, 5.41) is 0. The van der Waals surface area contributed by atoms with Crippen molar-refractivity contribution in [2.24, 2.45) is 17.6 Å². The fraction of sp³-hybridized carbons (Fsp3) is 0.933. The van der Waals surface area contributed by atoms with Crippen molar-refractivity contribution >= 4 is 5.97 Å². The minimum atomic E-state index is -0.00998. The molecule has 0 bridgehead atoms. The molecule has 0 aromatic heterocycles. The van der Waals surface area contributed by atoms with E-state index in [1.807, 2.05) is 0 Å². The first-order chi connectivity index (χ1) is 8.67. The Bertz CT molecular complexity index is 243. The maximum Gasteiger partial charge on any atom is 0.306 e. The molecule has 0 amide bonds. The first-order valence-electron chi connectivity index (χ1n) is 7.56. The van der Waals surface area contributed by atoms with Gasteiger partial charge in [0.15, 0.2) is 0 Å². The average Bonchev–Trinajstić information content (AvgIpc) is 2.37. The van der Waals surface area contributed by atoms with Crippen LogP contribution in [-0.4, -0.2) is 18.6 Å². The molecule has 2 N–H and O–H groups in total. The average molecular weight is 255 g/mol. The van der Waals surface area contributed by atoms with Gasteiger partial charge in [0.2, 0.25) is 0 Å². The number of hydrogen-bond acceptors (Lipinski definition) is 3. The Balaban J connectivity index is 2.23. The Morgan fingerprint density at radius 1 is 1.33 bits per heavy atom. The number of carbonyl (C=O) groups excluding carboxylic acids is 1. The molecule has 1 saturated carbocycles. The first kappa shape index (κ1) is 15.5. The summed E-state index contributed by atoms with van der Waals surface area (Å²) in [6.45, 7) is 5.07. The Labute approximate surface area is 111 Å². The largest absolute Gasteiger partial charge is 0.462 e. The highest BCUT2D eigenvalue weighted by atomic mass is 16.5. The molecule has 1 aliphatic carbocycles. The van der Waals surface area contributed by atoms with Gasteiger partial charge in [-0.15, -0.1) is 0 Å². The molecule has 3 nitrogen and oxygen atoms in total. The van der Waals surface area contributed by atoms with E-state index < -0.39 is 0 Å². The van der Waals surface area contributed by atoms with Gasteiger partial charge in [0.25, 0.3) is 0 Å². The Hall–Kier alpha value is -0.570. The molecule has 3 atom stereocenters. The van der Waals surface area contributed by atoms with Crippen molar-refractivity contribution < 1.29 is 9.53 Å². The van der Waals surface area contributed by atoms with Gasteiger partial charge in [-0.25, -0.2) is 0 Å². The van der Waals surface area contributed by atoms with Crippen LogP contribution < -0.4 is 5.73 Å². The summed E-state index contributed by atoms with van der Waals surface area (Å²) < 4.78 is 5.61. The molecule has 3 heteroatoms. The van der Waals surface area contributed by atoms with Crippen LogP contribution >= 0.6 is 0 Å². The monoisotopic (exact) mass is 255 g/mol. The zero-order valence-electron chi connectivity index (χ0n) is 12.0. The standard InChI is InChI=1S/C15H29NO2/c1-3-13(10-11-16)8-9-15(17)18-14-7-5-4-6-12(14)2/h12-14H,3-11,16H2,1-2H3. The van der Waals surface area contributed by atoms with Crippen LogP contribution in [0, 0.1) is 11.8 Å². The first-order valence-corrected chi connectivity index (χ1v) is 7.56. The van der Waals surface area contributed by atoms with Crippen molar-refractivity contribution in [2.75, 3.05) is 6.54 Å². The van der Waals surface area contributed by atoms with E-state index in [-0.39, 0.29) is 12.1 Å². The lowest BCUT2D eigenvalue weighted by Crippen LogP contribution is -2.28. The van der Waals surface area contributed by atoms with Crippen LogP contribution in [0.5, 0.6) is 0 Å². The number of rotatable bonds is 7. The summed E-state index contributed by atoms with van der Waals surface area (Å²) in [5.74, 6) is 1.10. The maximum absolute atomic E-state index is 11.8. The number of nitrogens with two attached hydrogens (primary N) is 1. The highest BCUT2D eigenvalue weighted by molar-refractivity contribution is 5.69. The van der Waals surface area contributed by atoms with E-state index in [1.54, 1.807) is 0 Å². The summed E-state index contributed by atoms with van der Waals surface area (Å²) in [5.41, 5.74) is 5.56. The molecular formula is C15H29NO2. The molecule has 1 aliphatic rings. The van der Waals surface area contributed by atoms with Crippen LogP contribution in [-0.2, 0) is 9.53 Å². The Morgan fingerprint density at radius 3 is 2.67 bits per heavy atom. The van der Waals surface area contributed by atoms with Crippen LogP contribution in [0.25, 0.3) is 0 Å². The third-order valence-corrected chi connectivity index (χ3v) is 4.22. The quantitative estimate of drug-likeness (QED) is 0.710. The molecule has 18 heavy (non-hydrogen) atoms. The van der Waals surface area contributed by atoms with Gasteiger partial charge >= 0.3 is 5.97 Å². The summed E-state index contributed by atoms with van der Waals surface area (Å²) in [4.78, 5) is 11.8. The summed E-state index contributed by atoms with van der Waals surface area (Å²) in [6, 6.07) is 0. The zero-order chi connectivity index (χ0) is 13.4. The van der Waals surface area contributed by atoms with E-state index in [0.717, 1.165) is 25.7 Å². The minimum Gasteiger partial charge on any atom is -0.462 e. The van der Waals surface area contributed by atoms with Crippen LogP contribution in [0.4, 0.5) is 0 Å². The second-order valence-electron chi connectivity index (χ2n) is 5.68. The van der Waals surface area contributed by atoms with Crippen LogP contribution in [0.1, 0.15) is 65.2 Å². The highest BCUT2D eigenvalue weighted by Crippen LogP contribution is 2.27. The lowest BCUT2D eigenvalue weighted by Gasteiger charge is -2.28. The van der Waals surface area contributed by atoms with Crippen LogP contribution in [0.15, 0.2) is 0 Å². The van der Waals surface area contributed by atoms with Gasteiger partial charge in [-0.2, -0.15) is 0 Å². The number of carbonyl (C=O) groups is 1. The number of hydrogen-bond donors (Lipinski definition) is 1. The zero-order valence-corrected chi connectivity index (χ0v) is 12.0. The van der Waals surface area contributed by atoms with Crippen LogP contribution in [0.2, 0.25) is 0 Å². The van der Waals surface area contributed by atoms with E-state index >= 15 is 0 Å². The fourth-order valence-corrected chi connectivity index (χ4v) is 2.80. The van der Waals surface area contributed by atoms with Gasteiger partial charge in [-0.1, -0.05) is 26.7 Å². The molecule has 3 unspecified atom stereocenters.